The molecular weight excluding hydrogens is 254 g/mol. The molecule has 0 aliphatic carbocycles. The van der Waals surface area contributed by atoms with Gasteiger partial charge in [0.25, 0.3) is 0 Å². The van der Waals surface area contributed by atoms with Crippen LogP contribution >= 0.6 is 0 Å². The van der Waals surface area contributed by atoms with E-state index >= 15 is 0 Å². The van der Waals surface area contributed by atoms with Gasteiger partial charge in [0.1, 0.15) is 0 Å². The third-order valence-electron chi connectivity index (χ3n) is 3.11. The smallest absolute Gasteiger partial charge is 0.220 e. The highest BCUT2D eigenvalue weighted by Gasteiger charge is 2.13. The molecule has 1 atom stereocenters. The van der Waals surface area contributed by atoms with Crippen molar-refractivity contribution in [2.45, 2.75) is 33.2 Å². The van der Waals surface area contributed by atoms with Gasteiger partial charge in [0.05, 0.1) is 7.11 Å². The van der Waals surface area contributed by atoms with Crippen molar-refractivity contribution in [3.05, 3.63) is 23.9 Å². The second-order valence-corrected chi connectivity index (χ2v) is 5.42. The molecule has 20 heavy (non-hydrogen) atoms. The summed E-state index contributed by atoms with van der Waals surface area (Å²) in [5.41, 5.74) is 6.68. The number of hydrogen-bond donors (Lipinski definition) is 2. The minimum absolute atomic E-state index is 0.0388. The highest BCUT2D eigenvalue weighted by Crippen LogP contribution is 2.14. The lowest BCUT2D eigenvalue weighted by Crippen LogP contribution is -2.28. The summed E-state index contributed by atoms with van der Waals surface area (Å²) in [6, 6.07) is 3.67. The molecule has 1 rings (SSSR count). The molecule has 0 radical (unpaired) electrons. The van der Waals surface area contributed by atoms with Gasteiger partial charge in [0.15, 0.2) is 0 Å². The number of nitrogens with one attached hydrogen (secondary N) is 1. The summed E-state index contributed by atoms with van der Waals surface area (Å²) < 4.78 is 5.05. The van der Waals surface area contributed by atoms with Crippen LogP contribution in [0.3, 0.4) is 0 Å². The van der Waals surface area contributed by atoms with E-state index in [1.165, 1.54) is 0 Å². The van der Waals surface area contributed by atoms with E-state index < -0.39 is 0 Å². The zero-order chi connectivity index (χ0) is 15.0. The predicted octanol–water partition coefficient (Wildman–Crippen LogP) is 1.72. The number of aromatic nitrogens is 1. The van der Waals surface area contributed by atoms with Crippen LogP contribution in [0.1, 0.15) is 32.3 Å². The molecule has 0 aliphatic heterocycles. The molecule has 1 unspecified atom stereocenters. The van der Waals surface area contributed by atoms with Crippen molar-refractivity contribution in [3.63, 3.8) is 0 Å². The maximum absolute atomic E-state index is 11.9. The predicted molar refractivity (Wildman–Crippen MR) is 79.3 cm³/mol. The molecule has 1 aromatic rings. The van der Waals surface area contributed by atoms with E-state index in [4.69, 9.17) is 10.5 Å². The highest BCUT2D eigenvalue weighted by atomic mass is 16.5. The first-order chi connectivity index (χ1) is 9.55. The number of ether oxygens (including phenoxy) is 1. The number of nitrogens with two attached hydrogens (primary N) is 1. The first-order valence-electron chi connectivity index (χ1n) is 7.00. The van der Waals surface area contributed by atoms with Gasteiger partial charge >= 0.3 is 0 Å². The summed E-state index contributed by atoms with van der Waals surface area (Å²) in [6.45, 7) is 5.32. The summed E-state index contributed by atoms with van der Waals surface area (Å²) in [5, 5.41) is 2.91. The van der Waals surface area contributed by atoms with Crippen LogP contribution in [0, 0.1) is 11.8 Å². The molecule has 1 aromatic heterocycles. The van der Waals surface area contributed by atoms with E-state index in [1.54, 1.807) is 13.3 Å². The van der Waals surface area contributed by atoms with Gasteiger partial charge in [-0.25, -0.2) is 4.98 Å². The minimum atomic E-state index is 0.0388. The van der Waals surface area contributed by atoms with Crippen LogP contribution < -0.4 is 15.8 Å². The monoisotopic (exact) mass is 279 g/mol. The van der Waals surface area contributed by atoms with Crippen LogP contribution in [-0.4, -0.2) is 24.5 Å². The summed E-state index contributed by atoms with van der Waals surface area (Å²) in [6.07, 6.45) is 3.13. The second-order valence-electron chi connectivity index (χ2n) is 5.42. The molecule has 0 aliphatic rings. The van der Waals surface area contributed by atoms with Crippen LogP contribution in [0.4, 0.5) is 0 Å². The maximum Gasteiger partial charge on any atom is 0.220 e. The van der Waals surface area contributed by atoms with Crippen molar-refractivity contribution < 1.29 is 9.53 Å². The Hall–Kier alpha value is -1.62. The number of amides is 1. The lowest BCUT2D eigenvalue weighted by Gasteiger charge is -2.16. The summed E-state index contributed by atoms with van der Waals surface area (Å²) >= 11 is 0. The minimum Gasteiger partial charge on any atom is -0.481 e. The number of rotatable bonds is 8. The Morgan fingerprint density at radius 2 is 2.25 bits per heavy atom. The molecule has 0 aromatic carbocycles. The average molecular weight is 279 g/mol. The summed E-state index contributed by atoms with van der Waals surface area (Å²) in [4.78, 5) is 15.9. The number of carbonyl (C=O) groups is 1. The number of pyridine rings is 1. The van der Waals surface area contributed by atoms with E-state index in [9.17, 15) is 4.79 Å². The van der Waals surface area contributed by atoms with E-state index in [-0.39, 0.29) is 11.8 Å². The zero-order valence-corrected chi connectivity index (χ0v) is 12.6. The summed E-state index contributed by atoms with van der Waals surface area (Å²) in [5.74, 6) is 1.40. The molecule has 5 nitrogen and oxygen atoms in total. The fraction of sp³-hybridized carbons (Fsp3) is 0.600. The Morgan fingerprint density at radius 3 is 2.85 bits per heavy atom. The van der Waals surface area contributed by atoms with Crippen LogP contribution in [0.5, 0.6) is 5.88 Å². The number of carbonyl (C=O) groups excluding carboxylic acids is 1. The van der Waals surface area contributed by atoms with E-state index in [0.29, 0.717) is 31.3 Å². The van der Waals surface area contributed by atoms with Gasteiger partial charge in [-0.15, -0.1) is 0 Å². The van der Waals surface area contributed by atoms with Gasteiger partial charge < -0.3 is 15.8 Å². The van der Waals surface area contributed by atoms with Crippen LogP contribution in [0.2, 0.25) is 0 Å². The molecule has 0 fully saturated rings. The Morgan fingerprint density at radius 1 is 1.50 bits per heavy atom. The molecule has 0 bridgehead atoms. The number of methoxy groups -OCH3 is 1. The standard InChI is InChI=1S/C15H25N3O2/c1-11(2)6-13(9-16)7-14(19)18-10-12-4-5-17-15(8-12)20-3/h4-5,8,11,13H,6-7,9-10,16H2,1-3H3,(H,18,19). The maximum atomic E-state index is 11.9. The first kappa shape index (κ1) is 16.4. The third kappa shape index (κ3) is 6.02. The normalized spacial score (nSPS) is 12.2. The Kier molecular flexibility index (Phi) is 7.01. The van der Waals surface area contributed by atoms with Crippen molar-refractivity contribution in [2.24, 2.45) is 17.6 Å². The van der Waals surface area contributed by atoms with Crippen molar-refractivity contribution in [1.82, 2.24) is 10.3 Å². The van der Waals surface area contributed by atoms with Crippen molar-refractivity contribution in [2.75, 3.05) is 13.7 Å². The van der Waals surface area contributed by atoms with E-state index in [1.807, 2.05) is 12.1 Å². The lowest BCUT2D eigenvalue weighted by atomic mass is 9.94. The van der Waals surface area contributed by atoms with E-state index in [2.05, 4.69) is 24.1 Å². The van der Waals surface area contributed by atoms with Gasteiger partial charge in [-0.1, -0.05) is 13.8 Å². The number of hydrogen-bond acceptors (Lipinski definition) is 4. The van der Waals surface area contributed by atoms with Gasteiger partial charge in [-0.2, -0.15) is 0 Å². The van der Waals surface area contributed by atoms with Gasteiger partial charge in [0, 0.05) is 25.2 Å². The molecule has 5 heteroatoms. The molecule has 1 amide bonds. The van der Waals surface area contributed by atoms with Crippen LogP contribution in [-0.2, 0) is 11.3 Å². The molecular formula is C15H25N3O2. The zero-order valence-electron chi connectivity index (χ0n) is 12.6. The highest BCUT2D eigenvalue weighted by molar-refractivity contribution is 5.76. The Balaban J connectivity index is 2.42. The quantitative estimate of drug-likeness (QED) is 0.759. The van der Waals surface area contributed by atoms with Crippen molar-refractivity contribution >= 4 is 5.91 Å². The van der Waals surface area contributed by atoms with Gasteiger partial charge in [-0.05, 0) is 36.4 Å². The molecule has 112 valence electrons. The van der Waals surface area contributed by atoms with Gasteiger partial charge in [-0.3, -0.25) is 4.79 Å². The fourth-order valence-electron chi connectivity index (χ4n) is 2.14. The van der Waals surface area contributed by atoms with Crippen LogP contribution in [0.25, 0.3) is 0 Å². The van der Waals surface area contributed by atoms with Gasteiger partial charge in [0.2, 0.25) is 11.8 Å². The molecule has 3 N–H and O–H groups in total. The molecule has 0 saturated carbocycles. The van der Waals surface area contributed by atoms with Crippen molar-refractivity contribution in [3.8, 4) is 5.88 Å². The molecule has 0 saturated heterocycles. The first-order valence-corrected chi connectivity index (χ1v) is 7.00. The van der Waals surface area contributed by atoms with Crippen LogP contribution in [0.15, 0.2) is 18.3 Å². The number of nitrogens with zero attached hydrogens (tertiary/aromatic N) is 1. The molecule has 0 spiro atoms. The Bertz CT molecular complexity index is 421. The SMILES string of the molecule is COc1cc(CNC(=O)CC(CN)CC(C)C)ccn1. The summed E-state index contributed by atoms with van der Waals surface area (Å²) in [7, 11) is 1.57. The fourth-order valence-corrected chi connectivity index (χ4v) is 2.14. The second kappa shape index (κ2) is 8.53. The lowest BCUT2D eigenvalue weighted by molar-refractivity contribution is -0.122. The van der Waals surface area contributed by atoms with E-state index in [0.717, 1.165) is 12.0 Å². The van der Waals surface area contributed by atoms with Crippen molar-refractivity contribution in [1.29, 1.82) is 0 Å². The third-order valence-corrected chi connectivity index (χ3v) is 3.11. The Labute approximate surface area is 120 Å². The topological polar surface area (TPSA) is 77.2 Å². The average Bonchev–Trinajstić information content (AvgIpc) is 2.44. The largest absolute Gasteiger partial charge is 0.481 e. The molecule has 1 heterocycles.